The van der Waals surface area contributed by atoms with Gasteiger partial charge in [-0.3, -0.25) is 0 Å². The molecule has 0 nitrogen and oxygen atoms in total. The van der Waals surface area contributed by atoms with E-state index >= 15 is 0 Å². The van der Waals surface area contributed by atoms with Crippen molar-refractivity contribution < 1.29 is 0 Å². The Kier molecular flexibility index (Phi) is 4.40. The van der Waals surface area contributed by atoms with E-state index < -0.39 is 0 Å². The Bertz CT molecular complexity index is 315. The van der Waals surface area contributed by atoms with Gasteiger partial charge in [-0.05, 0) is 17.5 Å². The van der Waals surface area contributed by atoms with Gasteiger partial charge in [-0.1, -0.05) is 60.5 Å². The first-order valence-corrected chi connectivity index (χ1v) is 5.73. The quantitative estimate of drug-likeness (QED) is 0.738. The average Bonchev–Trinajstić information content (AvgIpc) is 2.20. The standard InChI is InChI=1S/C13H16Br/c1-4-7-11-8-6-9-12(13(11)14)10(3)5-2/h5-6,8-9H,2,4,7H2,1,3H3. The summed E-state index contributed by atoms with van der Waals surface area (Å²) >= 11 is 3.66. The van der Waals surface area contributed by atoms with E-state index in [0.717, 1.165) is 6.42 Å². The third kappa shape index (κ3) is 2.48. The van der Waals surface area contributed by atoms with Crippen LogP contribution in [0.3, 0.4) is 0 Å². The lowest BCUT2D eigenvalue weighted by Crippen LogP contribution is -1.95. The van der Waals surface area contributed by atoms with Crippen molar-refractivity contribution in [3.8, 4) is 0 Å². The van der Waals surface area contributed by atoms with Gasteiger partial charge in [0.2, 0.25) is 0 Å². The fourth-order valence-corrected chi connectivity index (χ4v) is 2.23. The van der Waals surface area contributed by atoms with Gasteiger partial charge >= 0.3 is 0 Å². The van der Waals surface area contributed by atoms with Gasteiger partial charge in [0.25, 0.3) is 0 Å². The maximum atomic E-state index is 3.80. The molecule has 14 heavy (non-hydrogen) atoms. The summed E-state index contributed by atoms with van der Waals surface area (Å²) in [5.74, 6) is 1.22. The van der Waals surface area contributed by atoms with Gasteiger partial charge < -0.3 is 0 Å². The average molecular weight is 252 g/mol. The van der Waals surface area contributed by atoms with Crippen LogP contribution in [0.5, 0.6) is 0 Å². The van der Waals surface area contributed by atoms with Crippen LogP contribution in [0, 0.1) is 5.92 Å². The lowest BCUT2D eigenvalue weighted by Gasteiger charge is -2.12. The van der Waals surface area contributed by atoms with Gasteiger partial charge in [0.1, 0.15) is 0 Å². The predicted molar refractivity (Wildman–Crippen MR) is 66.4 cm³/mol. The molecule has 0 amide bonds. The highest BCUT2D eigenvalue weighted by molar-refractivity contribution is 9.10. The number of benzene rings is 1. The Morgan fingerprint density at radius 3 is 2.79 bits per heavy atom. The van der Waals surface area contributed by atoms with Gasteiger partial charge in [0.05, 0.1) is 0 Å². The molecule has 0 aliphatic rings. The summed E-state index contributed by atoms with van der Waals surface area (Å²) in [6, 6.07) is 6.41. The maximum Gasteiger partial charge on any atom is 0.0248 e. The molecular formula is C13H16Br. The number of hydrogen-bond donors (Lipinski definition) is 0. The Morgan fingerprint density at radius 1 is 1.50 bits per heavy atom. The van der Waals surface area contributed by atoms with Crippen LogP contribution >= 0.6 is 15.9 Å². The first-order valence-electron chi connectivity index (χ1n) is 4.94. The SMILES string of the molecule is C=C[C](C)c1cccc(CCC)c1Br. The van der Waals surface area contributed by atoms with E-state index in [1.54, 1.807) is 0 Å². The van der Waals surface area contributed by atoms with Crippen molar-refractivity contribution in [2.45, 2.75) is 26.7 Å². The molecule has 0 aliphatic carbocycles. The molecule has 0 unspecified atom stereocenters. The van der Waals surface area contributed by atoms with Crippen molar-refractivity contribution >= 4 is 15.9 Å². The van der Waals surface area contributed by atoms with Crippen molar-refractivity contribution in [1.29, 1.82) is 0 Å². The highest BCUT2D eigenvalue weighted by Gasteiger charge is 2.09. The molecule has 0 heterocycles. The van der Waals surface area contributed by atoms with E-state index in [0.29, 0.717) is 0 Å². The van der Waals surface area contributed by atoms with Gasteiger partial charge in [-0.25, -0.2) is 0 Å². The summed E-state index contributed by atoms with van der Waals surface area (Å²) in [4.78, 5) is 0. The molecule has 0 atom stereocenters. The highest BCUT2D eigenvalue weighted by Crippen LogP contribution is 2.28. The van der Waals surface area contributed by atoms with E-state index in [1.807, 2.05) is 6.08 Å². The molecule has 0 aromatic heterocycles. The fourth-order valence-electron chi connectivity index (χ4n) is 1.46. The van der Waals surface area contributed by atoms with Crippen LogP contribution in [-0.2, 0) is 6.42 Å². The molecule has 1 aromatic rings. The van der Waals surface area contributed by atoms with E-state index in [-0.39, 0.29) is 0 Å². The third-order valence-electron chi connectivity index (χ3n) is 2.33. The van der Waals surface area contributed by atoms with Crippen LogP contribution in [0.4, 0.5) is 0 Å². The summed E-state index contributed by atoms with van der Waals surface area (Å²) in [5, 5.41) is 0. The van der Waals surface area contributed by atoms with E-state index in [9.17, 15) is 0 Å². The monoisotopic (exact) mass is 251 g/mol. The minimum atomic E-state index is 1.12. The molecule has 1 rings (SSSR count). The first kappa shape index (κ1) is 11.5. The van der Waals surface area contributed by atoms with Crippen LogP contribution in [0.15, 0.2) is 35.3 Å². The Morgan fingerprint density at radius 2 is 2.21 bits per heavy atom. The zero-order valence-corrected chi connectivity index (χ0v) is 10.4. The number of aryl methyl sites for hydroxylation is 1. The molecule has 0 saturated carbocycles. The number of rotatable bonds is 4. The second-order valence-corrected chi connectivity index (χ2v) is 4.21. The van der Waals surface area contributed by atoms with Gasteiger partial charge in [-0.2, -0.15) is 0 Å². The van der Waals surface area contributed by atoms with Gasteiger partial charge in [-0.15, -0.1) is 6.58 Å². The molecule has 0 spiro atoms. The van der Waals surface area contributed by atoms with Crippen molar-refractivity contribution in [3.63, 3.8) is 0 Å². The zero-order valence-electron chi connectivity index (χ0n) is 8.81. The lowest BCUT2D eigenvalue weighted by molar-refractivity contribution is 0.914. The summed E-state index contributed by atoms with van der Waals surface area (Å²) in [6.45, 7) is 8.08. The first-order chi connectivity index (χ1) is 6.70. The van der Waals surface area contributed by atoms with Crippen molar-refractivity contribution in [1.82, 2.24) is 0 Å². The molecule has 1 aromatic carbocycles. The largest absolute Gasteiger partial charge is 0.102 e. The molecule has 0 bridgehead atoms. The van der Waals surface area contributed by atoms with Crippen LogP contribution in [0.1, 0.15) is 31.4 Å². The van der Waals surface area contributed by atoms with Gasteiger partial charge in [0, 0.05) is 10.4 Å². The van der Waals surface area contributed by atoms with E-state index in [2.05, 4.69) is 54.6 Å². The minimum absolute atomic E-state index is 1.12. The minimum Gasteiger partial charge on any atom is -0.102 e. The van der Waals surface area contributed by atoms with Crippen molar-refractivity contribution in [3.05, 3.63) is 52.4 Å². The summed E-state index contributed by atoms with van der Waals surface area (Å²) in [6.07, 6.45) is 4.20. The normalized spacial score (nSPS) is 10.6. The van der Waals surface area contributed by atoms with Crippen LogP contribution < -0.4 is 0 Å². The van der Waals surface area contributed by atoms with E-state index in [4.69, 9.17) is 0 Å². The topological polar surface area (TPSA) is 0 Å². The zero-order chi connectivity index (χ0) is 10.6. The van der Waals surface area contributed by atoms with Crippen LogP contribution in [-0.4, -0.2) is 0 Å². The van der Waals surface area contributed by atoms with Crippen molar-refractivity contribution in [2.24, 2.45) is 0 Å². The molecule has 0 fully saturated rings. The van der Waals surface area contributed by atoms with Crippen molar-refractivity contribution in [2.75, 3.05) is 0 Å². The summed E-state index contributed by atoms with van der Waals surface area (Å²) in [5.41, 5.74) is 2.64. The number of allylic oxidation sites excluding steroid dienone is 1. The smallest absolute Gasteiger partial charge is 0.0248 e. The Balaban J connectivity index is 3.06. The summed E-state index contributed by atoms with van der Waals surface area (Å²) < 4.78 is 1.22. The predicted octanol–water partition coefficient (Wildman–Crippen LogP) is 4.53. The second kappa shape index (κ2) is 5.35. The fraction of sp³-hybridized carbons (Fsp3) is 0.308. The molecule has 0 N–H and O–H groups in total. The van der Waals surface area contributed by atoms with E-state index in [1.165, 1.54) is 27.9 Å². The third-order valence-corrected chi connectivity index (χ3v) is 3.27. The number of hydrogen-bond acceptors (Lipinski definition) is 0. The molecule has 0 aliphatic heterocycles. The molecule has 1 heteroatoms. The molecule has 75 valence electrons. The molecular weight excluding hydrogens is 236 g/mol. The Hall–Kier alpha value is -0.560. The maximum absolute atomic E-state index is 3.80. The van der Waals surface area contributed by atoms with Crippen LogP contribution in [0.25, 0.3) is 0 Å². The van der Waals surface area contributed by atoms with Crippen LogP contribution in [0.2, 0.25) is 0 Å². The molecule has 0 saturated heterocycles. The molecule has 1 radical (unpaired) electrons. The number of halogens is 1. The lowest BCUT2D eigenvalue weighted by atomic mass is 9.98. The Labute approximate surface area is 95.2 Å². The second-order valence-electron chi connectivity index (χ2n) is 3.42. The van der Waals surface area contributed by atoms with Gasteiger partial charge in [0.15, 0.2) is 0 Å². The highest BCUT2D eigenvalue weighted by atomic mass is 79.9. The summed E-state index contributed by atoms with van der Waals surface area (Å²) in [7, 11) is 0.